The van der Waals surface area contributed by atoms with Crippen molar-refractivity contribution < 1.29 is 8.78 Å². The van der Waals surface area contributed by atoms with E-state index in [-0.39, 0.29) is 6.42 Å². The van der Waals surface area contributed by atoms with Gasteiger partial charge in [0, 0.05) is 6.42 Å². The number of halogens is 2. The van der Waals surface area contributed by atoms with Gasteiger partial charge in [-0.1, -0.05) is 6.92 Å². The van der Waals surface area contributed by atoms with Gasteiger partial charge in [-0.05, 0) is 17.4 Å². The Kier molecular flexibility index (Phi) is 3.95. The van der Waals surface area contributed by atoms with Crippen molar-refractivity contribution in [1.29, 1.82) is 0 Å². The van der Waals surface area contributed by atoms with E-state index in [1.54, 1.807) is 0 Å². The topological polar surface area (TPSA) is 0 Å². The van der Waals surface area contributed by atoms with Gasteiger partial charge in [-0.3, -0.25) is 0 Å². The number of thiol groups is 1. The fourth-order valence-corrected chi connectivity index (χ4v) is 0.729. The second-order valence-electron chi connectivity index (χ2n) is 2.81. The van der Waals surface area contributed by atoms with Crippen LogP contribution in [0.4, 0.5) is 8.78 Å². The second-order valence-corrected chi connectivity index (χ2v) is 3.26. The van der Waals surface area contributed by atoms with Crippen LogP contribution in [0.15, 0.2) is 0 Å². The summed E-state index contributed by atoms with van der Waals surface area (Å²) < 4.78 is 25.7. The normalized spacial score (nSPS) is 13.5. The van der Waals surface area contributed by atoms with Crippen molar-refractivity contribution in [2.24, 2.45) is 0 Å². The van der Waals surface area contributed by atoms with Gasteiger partial charge in [-0.25, -0.2) is 8.78 Å². The van der Waals surface area contributed by atoms with Crippen LogP contribution < -0.4 is 0 Å². The van der Waals surface area contributed by atoms with Crippen molar-refractivity contribution in [2.75, 3.05) is 5.75 Å². The number of hydrogen-bond donors (Lipinski definition) is 1. The van der Waals surface area contributed by atoms with Gasteiger partial charge < -0.3 is 0 Å². The molecule has 0 rings (SSSR count). The lowest BCUT2D eigenvalue weighted by molar-refractivity contribution is -0.0236. The predicted octanol–water partition coefficient (Wildman–Crippen LogP) is 1.80. The first-order chi connectivity index (χ1) is 4.81. The van der Waals surface area contributed by atoms with E-state index < -0.39 is 11.1 Å². The second kappa shape index (κ2) is 3.83. The zero-order valence-electron chi connectivity index (χ0n) is 6.48. The highest BCUT2D eigenvalue weighted by molar-refractivity contribution is 7.80. The van der Waals surface area contributed by atoms with E-state index in [2.05, 4.69) is 12.6 Å². The van der Waals surface area contributed by atoms with Crippen LogP contribution in [0.3, 0.4) is 0 Å². The van der Waals surface area contributed by atoms with Crippen molar-refractivity contribution in [1.82, 2.24) is 0 Å². The molecule has 5 heteroatoms. The van der Waals surface area contributed by atoms with Crippen molar-refractivity contribution in [3.63, 3.8) is 0 Å². The van der Waals surface area contributed by atoms with Crippen molar-refractivity contribution in [3.8, 4) is 0 Å². The number of hydrogen-bond acceptors (Lipinski definition) is 1. The third kappa shape index (κ3) is 3.50. The Morgan fingerprint density at radius 3 is 2.09 bits per heavy atom. The molecular formula is C6H10B2F2S. The molecule has 0 fully saturated rings. The zero-order valence-corrected chi connectivity index (χ0v) is 7.37. The molecule has 11 heavy (non-hydrogen) atoms. The smallest absolute Gasteiger partial charge is 0.208 e. The summed E-state index contributed by atoms with van der Waals surface area (Å²) in [6.45, 7) is 1.12. The summed E-state index contributed by atoms with van der Waals surface area (Å²) in [7, 11) is 10.1. The number of alkyl halides is 2. The van der Waals surface area contributed by atoms with Crippen LogP contribution in [0.5, 0.6) is 0 Å². The Balaban J connectivity index is 4.00. The van der Waals surface area contributed by atoms with Gasteiger partial charge in [0.05, 0.1) is 15.7 Å². The van der Waals surface area contributed by atoms with E-state index in [9.17, 15) is 8.78 Å². The average Bonchev–Trinajstić information content (AvgIpc) is 1.81. The SMILES string of the molecule is [B]C([B])(C)C(F)(F)CCCS. The van der Waals surface area contributed by atoms with Gasteiger partial charge in [0.25, 0.3) is 0 Å². The van der Waals surface area contributed by atoms with E-state index in [1.165, 1.54) is 0 Å². The van der Waals surface area contributed by atoms with Gasteiger partial charge in [0.1, 0.15) is 0 Å². The minimum atomic E-state index is -3.00. The lowest BCUT2D eigenvalue weighted by Gasteiger charge is -2.31. The molecule has 0 heterocycles. The molecule has 0 spiro atoms. The average molecular weight is 174 g/mol. The van der Waals surface area contributed by atoms with Crippen LogP contribution in [0.1, 0.15) is 19.8 Å². The molecule has 0 N–H and O–H groups in total. The molecule has 60 valence electrons. The van der Waals surface area contributed by atoms with Gasteiger partial charge in [-0.2, -0.15) is 12.6 Å². The Labute approximate surface area is 74.4 Å². The molecule has 0 atom stereocenters. The largest absolute Gasteiger partial charge is 0.238 e. The first-order valence-electron chi connectivity index (χ1n) is 3.38. The third-order valence-corrected chi connectivity index (χ3v) is 1.75. The van der Waals surface area contributed by atoms with Crippen LogP contribution in [0.25, 0.3) is 0 Å². The van der Waals surface area contributed by atoms with Crippen LogP contribution >= 0.6 is 12.6 Å². The van der Waals surface area contributed by atoms with Crippen LogP contribution in [-0.4, -0.2) is 27.4 Å². The highest BCUT2D eigenvalue weighted by atomic mass is 32.1. The summed E-state index contributed by atoms with van der Waals surface area (Å²) in [6.07, 6.45) is 0.0140. The van der Waals surface area contributed by atoms with Gasteiger partial charge >= 0.3 is 0 Å². The highest BCUT2D eigenvalue weighted by Gasteiger charge is 2.40. The van der Waals surface area contributed by atoms with Crippen LogP contribution in [0, 0.1) is 0 Å². The van der Waals surface area contributed by atoms with Gasteiger partial charge in [-0.15, -0.1) is 0 Å². The van der Waals surface area contributed by atoms with Gasteiger partial charge in [0.15, 0.2) is 0 Å². The van der Waals surface area contributed by atoms with Crippen molar-refractivity contribution in [2.45, 2.75) is 30.9 Å². The Morgan fingerprint density at radius 2 is 1.82 bits per heavy atom. The maximum absolute atomic E-state index is 12.8. The first-order valence-corrected chi connectivity index (χ1v) is 4.01. The van der Waals surface area contributed by atoms with Crippen molar-refractivity contribution >= 4 is 28.3 Å². The van der Waals surface area contributed by atoms with E-state index in [0.29, 0.717) is 12.2 Å². The predicted molar refractivity (Wildman–Crippen MR) is 47.9 cm³/mol. The maximum atomic E-state index is 12.8. The summed E-state index contributed by atoms with van der Waals surface area (Å²) in [4.78, 5) is 0. The monoisotopic (exact) mass is 174 g/mol. The molecule has 0 saturated heterocycles. The van der Waals surface area contributed by atoms with E-state index >= 15 is 0 Å². The van der Waals surface area contributed by atoms with E-state index in [1.807, 2.05) is 0 Å². The molecule has 0 saturated carbocycles. The molecule has 0 nitrogen and oxygen atoms in total. The lowest BCUT2D eigenvalue weighted by Crippen LogP contribution is -2.33. The molecule has 0 amide bonds. The number of rotatable bonds is 4. The quantitative estimate of drug-likeness (QED) is 0.487. The van der Waals surface area contributed by atoms with Crippen LogP contribution in [0.2, 0.25) is 5.21 Å². The Hall–Kier alpha value is 0.340. The molecule has 0 bridgehead atoms. The maximum Gasteiger partial charge on any atom is 0.238 e. The fourth-order valence-electron chi connectivity index (χ4n) is 0.570. The minimum absolute atomic E-state index is 0.306. The summed E-state index contributed by atoms with van der Waals surface area (Å²) in [5.41, 5.74) is 0. The minimum Gasteiger partial charge on any atom is -0.208 e. The third-order valence-electron chi connectivity index (χ3n) is 1.44. The lowest BCUT2D eigenvalue weighted by atomic mass is 9.51. The molecule has 4 radical (unpaired) electrons. The zero-order chi connectivity index (χ0) is 9.12. The Morgan fingerprint density at radius 1 is 1.36 bits per heavy atom. The molecule has 0 aliphatic heterocycles. The van der Waals surface area contributed by atoms with E-state index in [4.69, 9.17) is 15.7 Å². The van der Waals surface area contributed by atoms with Crippen LogP contribution in [-0.2, 0) is 0 Å². The molecule has 0 aliphatic carbocycles. The molecule has 0 aromatic rings. The highest BCUT2D eigenvalue weighted by Crippen LogP contribution is 2.40. The van der Waals surface area contributed by atoms with Crippen molar-refractivity contribution in [3.05, 3.63) is 0 Å². The standard InChI is InChI=1S/C6H10B2F2S/c1-5(7,8)6(9,10)3-2-4-11/h11H,2-4H2,1H3. The molecular weight excluding hydrogens is 164 g/mol. The Bertz CT molecular complexity index is 122. The fraction of sp³-hybridized carbons (Fsp3) is 1.00. The summed E-state index contributed by atoms with van der Waals surface area (Å²) in [5, 5.41) is -1.92. The molecule has 0 aromatic heterocycles. The molecule has 0 aliphatic rings. The first kappa shape index (κ1) is 11.3. The van der Waals surface area contributed by atoms with E-state index in [0.717, 1.165) is 6.92 Å². The molecule has 0 unspecified atom stereocenters. The summed E-state index contributed by atoms with van der Waals surface area (Å²) in [6, 6.07) is 0. The molecule has 0 aromatic carbocycles. The van der Waals surface area contributed by atoms with Gasteiger partial charge in [0.2, 0.25) is 5.92 Å². The summed E-state index contributed by atoms with van der Waals surface area (Å²) >= 11 is 3.81. The summed E-state index contributed by atoms with van der Waals surface area (Å²) in [5.74, 6) is -2.58.